The van der Waals surface area contributed by atoms with Crippen molar-refractivity contribution in [3.05, 3.63) is 18.2 Å². The highest BCUT2D eigenvalue weighted by Crippen LogP contribution is 2.30. The van der Waals surface area contributed by atoms with E-state index in [1.165, 1.54) is 6.42 Å². The highest BCUT2D eigenvalue weighted by molar-refractivity contribution is 5.54. The van der Waals surface area contributed by atoms with Gasteiger partial charge in [0, 0.05) is 24.9 Å². The Morgan fingerprint density at radius 3 is 2.78 bits per heavy atom. The maximum Gasteiger partial charge on any atom is 0.160 e. The molecule has 0 aromatic heterocycles. The Morgan fingerprint density at radius 2 is 2.11 bits per heavy atom. The van der Waals surface area contributed by atoms with Crippen molar-refractivity contribution < 1.29 is 14.6 Å². The minimum atomic E-state index is 0.168. The summed E-state index contributed by atoms with van der Waals surface area (Å²) < 4.78 is 10.4. The molecule has 0 bridgehead atoms. The van der Waals surface area contributed by atoms with Crippen molar-refractivity contribution in [1.29, 1.82) is 0 Å². The number of methoxy groups -OCH3 is 2. The summed E-state index contributed by atoms with van der Waals surface area (Å²) in [5, 5.41) is 13.2. The van der Waals surface area contributed by atoms with Crippen molar-refractivity contribution in [1.82, 2.24) is 0 Å². The highest BCUT2D eigenvalue weighted by Gasteiger charge is 2.21. The van der Waals surface area contributed by atoms with Crippen LogP contribution in [0, 0.1) is 0 Å². The summed E-state index contributed by atoms with van der Waals surface area (Å²) in [4.78, 5) is 0. The van der Waals surface area contributed by atoms with Crippen LogP contribution in [0.4, 0.5) is 5.69 Å². The van der Waals surface area contributed by atoms with Crippen LogP contribution < -0.4 is 10.1 Å². The summed E-state index contributed by atoms with van der Waals surface area (Å²) in [6, 6.07) is 5.81. The molecule has 100 valence electrons. The van der Waals surface area contributed by atoms with Gasteiger partial charge in [-0.3, -0.25) is 0 Å². The smallest absolute Gasteiger partial charge is 0.160 e. The molecule has 2 atom stereocenters. The van der Waals surface area contributed by atoms with Crippen LogP contribution in [-0.4, -0.2) is 31.5 Å². The normalized spacial score (nSPS) is 23.7. The Morgan fingerprint density at radius 1 is 1.28 bits per heavy atom. The molecule has 1 aliphatic carbocycles. The number of phenols is 1. The van der Waals surface area contributed by atoms with Gasteiger partial charge in [0.2, 0.25) is 0 Å². The molecule has 0 spiro atoms. The van der Waals surface area contributed by atoms with Crippen molar-refractivity contribution in [3.8, 4) is 11.5 Å². The third-order valence-electron chi connectivity index (χ3n) is 3.51. The van der Waals surface area contributed by atoms with E-state index in [4.69, 9.17) is 9.47 Å². The van der Waals surface area contributed by atoms with E-state index in [1.807, 2.05) is 6.07 Å². The number of nitrogens with one attached hydrogen (secondary N) is 1. The molecular weight excluding hydrogens is 230 g/mol. The lowest BCUT2D eigenvalue weighted by Gasteiger charge is -2.29. The molecule has 0 saturated heterocycles. The fourth-order valence-corrected chi connectivity index (χ4v) is 2.51. The predicted octanol–water partition coefficient (Wildman–Crippen LogP) is 2.77. The van der Waals surface area contributed by atoms with Gasteiger partial charge in [-0.15, -0.1) is 0 Å². The average Bonchev–Trinajstić information content (AvgIpc) is 2.39. The number of anilines is 1. The van der Waals surface area contributed by atoms with Crippen molar-refractivity contribution in [2.75, 3.05) is 19.5 Å². The Bertz CT molecular complexity index is 395. The molecule has 0 radical (unpaired) electrons. The topological polar surface area (TPSA) is 50.7 Å². The first-order chi connectivity index (χ1) is 8.72. The average molecular weight is 251 g/mol. The molecule has 1 saturated carbocycles. The van der Waals surface area contributed by atoms with Gasteiger partial charge in [0.05, 0.1) is 13.2 Å². The van der Waals surface area contributed by atoms with Crippen LogP contribution in [0.2, 0.25) is 0 Å². The first kappa shape index (κ1) is 13.0. The lowest BCUT2D eigenvalue weighted by molar-refractivity contribution is 0.0669. The molecule has 2 unspecified atom stereocenters. The summed E-state index contributed by atoms with van der Waals surface area (Å²) in [5.41, 5.74) is 0.926. The Labute approximate surface area is 108 Å². The quantitative estimate of drug-likeness (QED) is 0.864. The van der Waals surface area contributed by atoms with Gasteiger partial charge < -0.3 is 19.9 Å². The second-order valence-electron chi connectivity index (χ2n) is 4.75. The summed E-state index contributed by atoms with van der Waals surface area (Å²) >= 11 is 0. The fourth-order valence-electron chi connectivity index (χ4n) is 2.51. The van der Waals surface area contributed by atoms with Crippen molar-refractivity contribution >= 4 is 5.69 Å². The molecule has 2 rings (SSSR count). The number of phenolic OH excluding ortho intramolecular Hbond substituents is 1. The van der Waals surface area contributed by atoms with Gasteiger partial charge in [-0.25, -0.2) is 0 Å². The first-order valence-corrected chi connectivity index (χ1v) is 6.39. The summed E-state index contributed by atoms with van der Waals surface area (Å²) in [7, 11) is 3.32. The molecule has 2 N–H and O–H groups in total. The van der Waals surface area contributed by atoms with Crippen LogP contribution in [0.15, 0.2) is 18.2 Å². The Hall–Kier alpha value is -1.42. The Kier molecular flexibility index (Phi) is 4.31. The van der Waals surface area contributed by atoms with Crippen LogP contribution >= 0.6 is 0 Å². The molecule has 1 fully saturated rings. The lowest BCUT2D eigenvalue weighted by atomic mass is 9.92. The monoisotopic (exact) mass is 251 g/mol. The van der Waals surface area contributed by atoms with Gasteiger partial charge in [0.15, 0.2) is 11.5 Å². The van der Waals surface area contributed by atoms with E-state index >= 15 is 0 Å². The molecule has 1 aliphatic rings. The number of rotatable bonds is 4. The highest BCUT2D eigenvalue weighted by atomic mass is 16.5. The molecule has 0 aliphatic heterocycles. The predicted molar refractivity (Wildman–Crippen MR) is 71.3 cm³/mol. The number of hydrogen-bond acceptors (Lipinski definition) is 4. The maximum absolute atomic E-state index is 9.73. The fraction of sp³-hybridized carbons (Fsp3) is 0.571. The van der Waals surface area contributed by atoms with Gasteiger partial charge in [-0.1, -0.05) is 0 Å². The van der Waals surface area contributed by atoms with Crippen LogP contribution in [0.5, 0.6) is 11.5 Å². The van der Waals surface area contributed by atoms with E-state index < -0.39 is 0 Å². The molecule has 1 aromatic carbocycles. The third-order valence-corrected chi connectivity index (χ3v) is 3.51. The van der Waals surface area contributed by atoms with Gasteiger partial charge in [-0.2, -0.15) is 0 Å². The first-order valence-electron chi connectivity index (χ1n) is 6.39. The number of hydrogen-bond donors (Lipinski definition) is 2. The van der Waals surface area contributed by atoms with Gasteiger partial charge >= 0.3 is 0 Å². The number of ether oxygens (including phenoxy) is 2. The minimum absolute atomic E-state index is 0.168. The molecule has 1 aromatic rings. The molecule has 0 heterocycles. The Balaban J connectivity index is 1.98. The van der Waals surface area contributed by atoms with E-state index in [9.17, 15) is 5.11 Å². The van der Waals surface area contributed by atoms with Crippen LogP contribution in [0.3, 0.4) is 0 Å². The van der Waals surface area contributed by atoms with E-state index in [0.29, 0.717) is 17.9 Å². The van der Waals surface area contributed by atoms with Crippen molar-refractivity contribution in [2.24, 2.45) is 0 Å². The van der Waals surface area contributed by atoms with Crippen LogP contribution in [0.25, 0.3) is 0 Å². The van der Waals surface area contributed by atoms with E-state index in [-0.39, 0.29) is 5.75 Å². The van der Waals surface area contributed by atoms with Gasteiger partial charge in [0.25, 0.3) is 0 Å². The van der Waals surface area contributed by atoms with Gasteiger partial charge in [-0.05, 0) is 37.8 Å². The molecular formula is C14H21NO3. The lowest BCUT2D eigenvalue weighted by Crippen LogP contribution is -2.30. The van der Waals surface area contributed by atoms with E-state index in [1.54, 1.807) is 26.4 Å². The minimum Gasteiger partial charge on any atom is -0.504 e. The van der Waals surface area contributed by atoms with Crippen molar-refractivity contribution in [2.45, 2.75) is 37.8 Å². The third kappa shape index (κ3) is 3.07. The zero-order valence-corrected chi connectivity index (χ0v) is 11.0. The standard InChI is InChI=1S/C14H21NO3/c1-17-12-5-3-4-10(8-12)15-11-6-7-14(18-2)13(16)9-11/h6-7,9-10,12,15-16H,3-5,8H2,1-2H3. The zero-order chi connectivity index (χ0) is 13.0. The second kappa shape index (κ2) is 5.96. The van der Waals surface area contributed by atoms with Gasteiger partial charge in [0.1, 0.15) is 0 Å². The number of aromatic hydroxyl groups is 1. The summed E-state index contributed by atoms with van der Waals surface area (Å²) in [6.45, 7) is 0. The molecule has 4 heteroatoms. The SMILES string of the molecule is COc1ccc(NC2CCCC(OC)C2)cc1O. The molecule has 4 nitrogen and oxygen atoms in total. The molecule has 18 heavy (non-hydrogen) atoms. The largest absolute Gasteiger partial charge is 0.504 e. The second-order valence-corrected chi connectivity index (χ2v) is 4.75. The maximum atomic E-state index is 9.73. The molecule has 0 amide bonds. The van der Waals surface area contributed by atoms with Crippen molar-refractivity contribution in [3.63, 3.8) is 0 Å². The van der Waals surface area contributed by atoms with E-state index in [2.05, 4.69) is 5.32 Å². The number of benzene rings is 1. The van der Waals surface area contributed by atoms with Crippen LogP contribution in [-0.2, 0) is 4.74 Å². The summed E-state index contributed by atoms with van der Waals surface area (Å²) in [6.07, 6.45) is 4.83. The summed E-state index contributed by atoms with van der Waals surface area (Å²) in [5.74, 6) is 0.667. The van der Waals surface area contributed by atoms with E-state index in [0.717, 1.165) is 24.9 Å². The van der Waals surface area contributed by atoms with Crippen LogP contribution in [0.1, 0.15) is 25.7 Å². The zero-order valence-electron chi connectivity index (χ0n) is 11.0.